The topological polar surface area (TPSA) is 110 Å². The summed E-state index contributed by atoms with van der Waals surface area (Å²) in [6.07, 6.45) is 4.12. The minimum Gasteiger partial charge on any atom is -0.300 e. The van der Waals surface area contributed by atoms with E-state index in [2.05, 4.69) is 31.0 Å². The van der Waals surface area contributed by atoms with Gasteiger partial charge in [0.2, 0.25) is 22.1 Å². The van der Waals surface area contributed by atoms with Crippen LogP contribution in [0.25, 0.3) is 0 Å². The number of hydrogen-bond acceptors (Lipinski definition) is 8. The summed E-state index contributed by atoms with van der Waals surface area (Å²) >= 11 is 2.91. The Bertz CT molecular complexity index is 765. The Morgan fingerprint density at radius 3 is 1.64 bits per heavy atom. The lowest BCUT2D eigenvalue weighted by Gasteiger charge is -2.25. The van der Waals surface area contributed by atoms with E-state index in [1.807, 2.05) is 27.7 Å². The molecule has 0 saturated heterocycles. The first-order valence-electron chi connectivity index (χ1n) is 9.62. The van der Waals surface area contributed by atoms with Crippen LogP contribution in [0.3, 0.4) is 0 Å². The SMILES string of the molecule is CC(C)C(=O)Nc1nnc([C@H]2CCC[C@H](c3nnc(NC(=O)C(C)C)s3)C2)s1. The van der Waals surface area contributed by atoms with Gasteiger partial charge in [-0.15, -0.1) is 20.4 Å². The van der Waals surface area contributed by atoms with Crippen molar-refractivity contribution in [3.05, 3.63) is 10.0 Å². The lowest BCUT2D eigenvalue weighted by molar-refractivity contribution is -0.119. The van der Waals surface area contributed by atoms with Crippen molar-refractivity contribution >= 4 is 44.8 Å². The molecule has 1 aliphatic carbocycles. The first-order valence-corrected chi connectivity index (χ1v) is 11.2. The molecule has 2 amide bonds. The van der Waals surface area contributed by atoms with E-state index in [1.54, 1.807) is 0 Å². The van der Waals surface area contributed by atoms with Crippen molar-refractivity contribution in [2.24, 2.45) is 11.8 Å². The van der Waals surface area contributed by atoms with Crippen LogP contribution in [-0.2, 0) is 9.59 Å². The number of anilines is 2. The molecular formula is C18H26N6O2S2. The fourth-order valence-electron chi connectivity index (χ4n) is 3.04. The maximum Gasteiger partial charge on any atom is 0.228 e. The molecule has 0 spiro atoms. The van der Waals surface area contributed by atoms with E-state index >= 15 is 0 Å². The van der Waals surface area contributed by atoms with E-state index < -0.39 is 0 Å². The van der Waals surface area contributed by atoms with Gasteiger partial charge >= 0.3 is 0 Å². The van der Waals surface area contributed by atoms with Crippen molar-refractivity contribution in [3.63, 3.8) is 0 Å². The highest BCUT2D eigenvalue weighted by molar-refractivity contribution is 7.15. The molecule has 2 atom stereocenters. The zero-order chi connectivity index (χ0) is 20.3. The van der Waals surface area contributed by atoms with Gasteiger partial charge in [0.25, 0.3) is 0 Å². The number of nitrogens with one attached hydrogen (secondary N) is 2. The highest BCUT2D eigenvalue weighted by Gasteiger charge is 2.29. The summed E-state index contributed by atoms with van der Waals surface area (Å²) in [6.45, 7) is 7.40. The molecule has 2 N–H and O–H groups in total. The van der Waals surface area contributed by atoms with Crippen molar-refractivity contribution in [3.8, 4) is 0 Å². The summed E-state index contributed by atoms with van der Waals surface area (Å²) < 4.78 is 0. The molecule has 10 heteroatoms. The number of carbonyl (C=O) groups excluding carboxylic acids is 2. The number of nitrogens with zero attached hydrogens (tertiary/aromatic N) is 4. The molecule has 152 valence electrons. The van der Waals surface area contributed by atoms with Gasteiger partial charge in [0.1, 0.15) is 10.0 Å². The Balaban J connectivity index is 1.63. The Labute approximate surface area is 172 Å². The van der Waals surface area contributed by atoms with Crippen LogP contribution in [0.2, 0.25) is 0 Å². The van der Waals surface area contributed by atoms with Gasteiger partial charge in [-0.05, 0) is 19.3 Å². The minimum absolute atomic E-state index is 0.0472. The first-order chi connectivity index (χ1) is 13.3. The summed E-state index contributed by atoms with van der Waals surface area (Å²) in [4.78, 5) is 23.7. The van der Waals surface area contributed by atoms with Crippen LogP contribution in [0.1, 0.15) is 75.2 Å². The summed E-state index contributed by atoms with van der Waals surface area (Å²) in [7, 11) is 0. The van der Waals surface area contributed by atoms with E-state index in [0.29, 0.717) is 22.1 Å². The van der Waals surface area contributed by atoms with E-state index in [4.69, 9.17) is 0 Å². The quantitative estimate of drug-likeness (QED) is 0.727. The Hall–Kier alpha value is -1.94. The minimum atomic E-state index is -0.0887. The lowest BCUT2D eigenvalue weighted by atomic mass is 9.82. The van der Waals surface area contributed by atoms with Crippen molar-refractivity contribution in [1.82, 2.24) is 20.4 Å². The molecule has 1 fully saturated rings. The third kappa shape index (κ3) is 5.11. The van der Waals surface area contributed by atoms with Gasteiger partial charge in [-0.3, -0.25) is 9.59 Å². The lowest BCUT2D eigenvalue weighted by Crippen LogP contribution is -2.17. The predicted octanol–water partition coefficient (Wildman–Crippen LogP) is 4.02. The number of rotatable bonds is 6. The molecule has 8 nitrogen and oxygen atoms in total. The van der Waals surface area contributed by atoms with Crippen LogP contribution in [0.5, 0.6) is 0 Å². The highest BCUT2D eigenvalue weighted by atomic mass is 32.1. The van der Waals surface area contributed by atoms with Gasteiger partial charge in [-0.2, -0.15) is 0 Å². The maximum absolute atomic E-state index is 11.8. The highest BCUT2D eigenvalue weighted by Crippen LogP contribution is 2.43. The average molecular weight is 423 g/mol. The van der Waals surface area contributed by atoms with Crippen molar-refractivity contribution < 1.29 is 9.59 Å². The van der Waals surface area contributed by atoms with Crippen LogP contribution >= 0.6 is 22.7 Å². The third-order valence-electron chi connectivity index (χ3n) is 4.76. The summed E-state index contributed by atoms with van der Waals surface area (Å²) in [6, 6.07) is 0. The summed E-state index contributed by atoms with van der Waals surface area (Å²) in [5.41, 5.74) is 0. The van der Waals surface area contributed by atoms with Gasteiger partial charge < -0.3 is 10.6 Å². The van der Waals surface area contributed by atoms with Gasteiger partial charge in [-0.1, -0.05) is 56.8 Å². The molecule has 0 aromatic carbocycles. The second kappa shape index (κ2) is 9.04. The molecule has 0 bridgehead atoms. The molecule has 0 radical (unpaired) electrons. The summed E-state index contributed by atoms with van der Waals surface area (Å²) in [5, 5.41) is 25.6. The fraction of sp³-hybridized carbons (Fsp3) is 0.667. The molecule has 0 aliphatic heterocycles. The van der Waals surface area contributed by atoms with Crippen molar-refractivity contribution in [1.29, 1.82) is 0 Å². The Kier molecular flexibility index (Phi) is 6.71. The van der Waals surface area contributed by atoms with E-state index in [9.17, 15) is 9.59 Å². The maximum atomic E-state index is 11.8. The fourth-order valence-corrected chi connectivity index (χ4v) is 4.83. The molecule has 1 saturated carbocycles. The zero-order valence-electron chi connectivity index (χ0n) is 16.6. The van der Waals surface area contributed by atoms with Crippen LogP contribution in [0, 0.1) is 11.8 Å². The summed E-state index contributed by atoms with van der Waals surface area (Å²) in [5.74, 6) is 0.337. The molecule has 0 unspecified atom stereocenters. The Morgan fingerprint density at radius 1 is 0.821 bits per heavy atom. The van der Waals surface area contributed by atoms with Crippen LogP contribution in [0.4, 0.5) is 10.3 Å². The monoisotopic (exact) mass is 422 g/mol. The van der Waals surface area contributed by atoms with Crippen molar-refractivity contribution in [2.75, 3.05) is 10.6 Å². The van der Waals surface area contributed by atoms with Gasteiger partial charge in [0.05, 0.1) is 0 Å². The van der Waals surface area contributed by atoms with E-state index in [1.165, 1.54) is 22.7 Å². The van der Waals surface area contributed by atoms with Crippen LogP contribution in [0.15, 0.2) is 0 Å². The van der Waals surface area contributed by atoms with E-state index in [-0.39, 0.29) is 23.7 Å². The molecule has 2 aromatic heterocycles. The number of carbonyl (C=O) groups is 2. The largest absolute Gasteiger partial charge is 0.300 e. The van der Waals surface area contributed by atoms with Gasteiger partial charge in [0, 0.05) is 23.7 Å². The zero-order valence-corrected chi connectivity index (χ0v) is 18.2. The number of aromatic nitrogens is 4. The average Bonchev–Trinajstić information content (AvgIpc) is 3.31. The standard InChI is InChI=1S/C18H26N6O2S2/c1-9(2)13(25)19-17-23-21-15(27-17)11-6-5-7-12(8-11)16-22-24-18(28-16)20-14(26)10(3)4/h9-12H,5-8H2,1-4H3,(H,19,23,25)(H,20,24,26)/t11-,12-/m0/s1. The van der Waals surface area contributed by atoms with Crippen molar-refractivity contribution in [2.45, 2.75) is 65.2 Å². The molecule has 28 heavy (non-hydrogen) atoms. The number of amides is 2. The second-order valence-electron chi connectivity index (χ2n) is 7.74. The predicted molar refractivity (Wildman–Crippen MR) is 111 cm³/mol. The first kappa shape index (κ1) is 20.8. The third-order valence-corrected chi connectivity index (χ3v) is 6.77. The second-order valence-corrected chi connectivity index (χ2v) is 9.76. The van der Waals surface area contributed by atoms with Gasteiger partial charge in [0.15, 0.2) is 0 Å². The normalized spacial score (nSPS) is 19.8. The molecule has 1 aliphatic rings. The smallest absolute Gasteiger partial charge is 0.228 e. The Morgan fingerprint density at radius 2 is 1.25 bits per heavy atom. The molecule has 3 rings (SSSR count). The van der Waals surface area contributed by atoms with Crippen LogP contribution < -0.4 is 10.6 Å². The molecular weight excluding hydrogens is 396 g/mol. The van der Waals surface area contributed by atoms with E-state index in [0.717, 1.165) is 35.7 Å². The molecule has 2 aromatic rings. The molecule has 2 heterocycles. The van der Waals surface area contributed by atoms with Gasteiger partial charge in [-0.25, -0.2) is 0 Å². The van der Waals surface area contributed by atoms with Crippen LogP contribution in [-0.4, -0.2) is 32.2 Å². The number of hydrogen-bond donors (Lipinski definition) is 2.